The van der Waals surface area contributed by atoms with Crippen LogP contribution in [0.5, 0.6) is 0 Å². The third kappa shape index (κ3) is 9.32. The summed E-state index contributed by atoms with van der Waals surface area (Å²) in [6, 6.07) is 17.2. The van der Waals surface area contributed by atoms with Crippen molar-refractivity contribution in [2.75, 3.05) is 13.1 Å². The van der Waals surface area contributed by atoms with Gasteiger partial charge in [-0.2, -0.15) is 0 Å². The summed E-state index contributed by atoms with van der Waals surface area (Å²) >= 11 is 0. The summed E-state index contributed by atoms with van der Waals surface area (Å²) < 4.78 is 10.8. The van der Waals surface area contributed by atoms with Crippen molar-refractivity contribution in [2.45, 2.75) is 44.8 Å². The quantitative estimate of drug-likeness (QED) is 0.243. The molecular formula is C27H31N3O7. The number of furan rings is 1. The number of carbonyl (C=O) groups is 4. The number of alkyl carbamates (subject to hydrolysis) is 1. The number of hydrogen-bond acceptors (Lipinski definition) is 6. The Hall–Kier alpha value is -4.34. The van der Waals surface area contributed by atoms with Gasteiger partial charge in [-0.1, -0.05) is 48.5 Å². The number of carboxylic acids is 1. The molecule has 3 aromatic rings. The molecule has 10 heteroatoms. The van der Waals surface area contributed by atoms with Crippen LogP contribution in [0.4, 0.5) is 4.79 Å². The largest absolute Gasteiger partial charge is 0.481 e. The smallest absolute Gasteiger partial charge is 0.407 e. The molecule has 0 aliphatic heterocycles. The molecule has 4 N–H and O–H groups in total. The van der Waals surface area contributed by atoms with Crippen molar-refractivity contribution in [1.29, 1.82) is 0 Å². The van der Waals surface area contributed by atoms with Crippen LogP contribution in [-0.2, 0) is 20.9 Å². The minimum atomic E-state index is -0.892. The molecule has 2 aromatic carbocycles. The second kappa shape index (κ2) is 14.3. The number of benzene rings is 2. The van der Waals surface area contributed by atoms with Gasteiger partial charge in [-0.3, -0.25) is 14.4 Å². The molecule has 37 heavy (non-hydrogen) atoms. The van der Waals surface area contributed by atoms with Crippen LogP contribution in [0.3, 0.4) is 0 Å². The molecule has 1 heterocycles. The highest BCUT2D eigenvalue weighted by atomic mass is 16.5. The Morgan fingerprint density at radius 3 is 2.38 bits per heavy atom. The van der Waals surface area contributed by atoms with E-state index in [1.165, 1.54) is 0 Å². The lowest BCUT2D eigenvalue weighted by Gasteiger charge is -2.18. The minimum Gasteiger partial charge on any atom is -0.481 e. The zero-order valence-electron chi connectivity index (χ0n) is 20.4. The number of nitrogens with one attached hydrogen (secondary N) is 3. The number of hydrogen-bond donors (Lipinski definition) is 4. The molecule has 0 unspecified atom stereocenters. The van der Waals surface area contributed by atoms with Crippen LogP contribution in [-0.4, -0.2) is 48.1 Å². The molecule has 0 fully saturated rings. The van der Waals surface area contributed by atoms with E-state index in [1.807, 2.05) is 42.5 Å². The molecule has 0 bridgehead atoms. The van der Waals surface area contributed by atoms with Crippen molar-refractivity contribution in [1.82, 2.24) is 16.0 Å². The number of aliphatic carboxylic acids is 1. The zero-order valence-corrected chi connectivity index (χ0v) is 20.4. The van der Waals surface area contributed by atoms with Crippen LogP contribution in [0.2, 0.25) is 0 Å². The SMILES string of the molecule is O=C(O)CCCCNC(=O)[C@H](CCCNC(=O)OCc1ccccc1)NC(=O)c1cc2ccccc2o1. The summed E-state index contributed by atoms with van der Waals surface area (Å²) in [4.78, 5) is 48.2. The summed E-state index contributed by atoms with van der Waals surface area (Å²) in [6.45, 7) is 0.677. The van der Waals surface area contributed by atoms with Gasteiger partial charge in [0.1, 0.15) is 18.2 Å². The van der Waals surface area contributed by atoms with E-state index in [9.17, 15) is 19.2 Å². The van der Waals surface area contributed by atoms with Crippen molar-refractivity contribution in [3.63, 3.8) is 0 Å². The Labute approximate surface area is 214 Å². The number of unbranched alkanes of at least 4 members (excludes halogenated alkanes) is 1. The molecule has 1 aromatic heterocycles. The maximum absolute atomic E-state index is 12.8. The van der Waals surface area contributed by atoms with Crippen LogP contribution in [0.25, 0.3) is 11.0 Å². The van der Waals surface area contributed by atoms with Crippen molar-refractivity contribution >= 4 is 34.8 Å². The molecule has 0 aliphatic rings. The zero-order chi connectivity index (χ0) is 26.5. The summed E-state index contributed by atoms with van der Waals surface area (Å²) in [7, 11) is 0. The molecule has 0 saturated heterocycles. The number of fused-ring (bicyclic) bond motifs is 1. The average Bonchev–Trinajstić information content (AvgIpc) is 3.34. The molecule has 1 atom stereocenters. The van der Waals surface area contributed by atoms with Gasteiger partial charge in [0, 0.05) is 24.9 Å². The van der Waals surface area contributed by atoms with Gasteiger partial charge in [0.2, 0.25) is 5.91 Å². The molecule has 0 spiro atoms. The summed E-state index contributed by atoms with van der Waals surface area (Å²) in [6.07, 6.45) is 1.03. The Balaban J connectivity index is 1.50. The monoisotopic (exact) mass is 509 g/mol. The van der Waals surface area contributed by atoms with Crippen molar-refractivity contribution in [2.24, 2.45) is 0 Å². The molecule has 0 saturated carbocycles. The van der Waals surface area contributed by atoms with Crippen molar-refractivity contribution in [3.05, 3.63) is 72.0 Å². The second-order valence-electron chi connectivity index (χ2n) is 8.45. The predicted octanol–water partition coefficient (Wildman–Crippen LogP) is 3.61. The van der Waals surface area contributed by atoms with E-state index in [4.69, 9.17) is 14.3 Å². The number of rotatable bonds is 14. The highest BCUT2D eigenvalue weighted by molar-refractivity contribution is 5.98. The standard InChI is InChI=1S/C27H31N3O7/c31-24(32)14-6-7-15-28-25(33)21(30-26(34)23-17-20-11-4-5-13-22(20)37-23)12-8-16-29-27(35)36-18-19-9-2-1-3-10-19/h1-5,9-11,13,17,21H,6-8,12,14-16,18H2,(H,28,33)(H,29,35)(H,30,34)(H,31,32)/t21-/m0/s1. The highest BCUT2D eigenvalue weighted by Crippen LogP contribution is 2.19. The Morgan fingerprint density at radius 2 is 1.62 bits per heavy atom. The molecular weight excluding hydrogens is 478 g/mol. The van der Waals surface area contributed by atoms with E-state index < -0.39 is 29.9 Å². The predicted molar refractivity (Wildman–Crippen MR) is 136 cm³/mol. The molecule has 0 radical (unpaired) electrons. The van der Waals surface area contributed by atoms with Gasteiger partial charge in [0.05, 0.1) is 0 Å². The lowest BCUT2D eigenvalue weighted by atomic mass is 10.1. The lowest BCUT2D eigenvalue weighted by molar-refractivity contribution is -0.137. The first-order chi connectivity index (χ1) is 17.9. The van der Waals surface area contributed by atoms with E-state index >= 15 is 0 Å². The molecule has 0 aliphatic carbocycles. The van der Waals surface area contributed by atoms with Gasteiger partial charge in [-0.25, -0.2) is 4.79 Å². The minimum absolute atomic E-state index is 0.0220. The van der Waals surface area contributed by atoms with Crippen LogP contribution in [0, 0.1) is 0 Å². The Kier molecular flexibility index (Phi) is 10.5. The van der Waals surface area contributed by atoms with Crippen LogP contribution < -0.4 is 16.0 Å². The van der Waals surface area contributed by atoms with Gasteiger partial charge in [0.25, 0.3) is 5.91 Å². The van der Waals surface area contributed by atoms with Crippen LogP contribution >= 0.6 is 0 Å². The molecule has 196 valence electrons. The van der Waals surface area contributed by atoms with E-state index in [0.29, 0.717) is 24.8 Å². The number of ether oxygens (including phenoxy) is 1. The van der Waals surface area contributed by atoms with Gasteiger partial charge < -0.3 is 30.2 Å². The fourth-order valence-electron chi connectivity index (χ4n) is 3.60. The third-order valence-electron chi connectivity index (χ3n) is 5.54. The van der Waals surface area contributed by atoms with Gasteiger partial charge >= 0.3 is 12.1 Å². The second-order valence-corrected chi connectivity index (χ2v) is 8.45. The number of carbonyl (C=O) groups excluding carboxylic acids is 3. The average molecular weight is 510 g/mol. The lowest BCUT2D eigenvalue weighted by Crippen LogP contribution is -2.47. The fourth-order valence-corrected chi connectivity index (χ4v) is 3.60. The van der Waals surface area contributed by atoms with Crippen molar-refractivity contribution in [3.8, 4) is 0 Å². The summed E-state index contributed by atoms with van der Waals surface area (Å²) in [5, 5.41) is 17.6. The maximum atomic E-state index is 12.8. The van der Waals surface area contributed by atoms with Crippen molar-refractivity contribution < 1.29 is 33.4 Å². The number of amides is 3. The molecule has 3 rings (SSSR count). The maximum Gasteiger partial charge on any atom is 0.407 e. The summed E-state index contributed by atoms with van der Waals surface area (Å²) in [5.41, 5.74) is 1.43. The highest BCUT2D eigenvalue weighted by Gasteiger charge is 2.23. The number of para-hydroxylation sites is 1. The first kappa shape index (κ1) is 27.3. The van der Waals surface area contributed by atoms with E-state index in [2.05, 4.69) is 16.0 Å². The van der Waals surface area contributed by atoms with Crippen LogP contribution in [0.15, 0.2) is 65.1 Å². The first-order valence-electron chi connectivity index (χ1n) is 12.2. The van der Waals surface area contributed by atoms with E-state index in [1.54, 1.807) is 18.2 Å². The fraction of sp³-hybridized carbons (Fsp3) is 0.333. The van der Waals surface area contributed by atoms with E-state index in [0.717, 1.165) is 10.9 Å². The van der Waals surface area contributed by atoms with E-state index in [-0.39, 0.29) is 38.3 Å². The van der Waals surface area contributed by atoms with Gasteiger partial charge in [0.15, 0.2) is 5.76 Å². The Bertz CT molecular complexity index is 1160. The van der Waals surface area contributed by atoms with Gasteiger partial charge in [-0.15, -0.1) is 0 Å². The molecule has 3 amide bonds. The van der Waals surface area contributed by atoms with Crippen LogP contribution in [0.1, 0.15) is 48.2 Å². The topological polar surface area (TPSA) is 147 Å². The van der Waals surface area contributed by atoms with Gasteiger partial charge in [-0.05, 0) is 43.4 Å². The Morgan fingerprint density at radius 1 is 0.892 bits per heavy atom. The molecule has 10 nitrogen and oxygen atoms in total. The first-order valence-corrected chi connectivity index (χ1v) is 12.2. The number of carboxylic acid groups (broad SMARTS) is 1. The third-order valence-corrected chi connectivity index (χ3v) is 5.54. The summed E-state index contributed by atoms with van der Waals surface area (Å²) in [5.74, 6) is -1.73. The normalized spacial score (nSPS) is 11.5.